The number of carbonyl (C=O) groups excluding carboxylic acids is 1. The lowest BCUT2D eigenvalue weighted by Crippen LogP contribution is -2.51. The van der Waals surface area contributed by atoms with Gasteiger partial charge in [-0.25, -0.2) is 0 Å². The fraction of sp³-hybridized carbons (Fsp3) is 0.312. The molecule has 0 spiro atoms. The molecule has 1 fully saturated rings. The molecule has 19 heavy (non-hydrogen) atoms. The minimum absolute atomic E-state index is 0.174. The number of rotatable bonds is 4. The second-order valence-corrected chi connectivity index (χ2v) is 5.03. The zero-order valence-electron chi connectivity index (χ0n) is 10.9. The first-order valence-electron chi connectivity index (χ1n) is 6.79. The van der Waals surface area contributed by atoms with Crippen molar-refractivity contribution >= 4 is 16.7 Å². The van der Waals surface area contributed by atoms with E-state index in [1.807, 2.05) is 0 Å². The molecule has 0 aliphatic carbocycles. The molecular formula is C16H18N2O. The van der Waals surface area contributed by atoms with Crippen LogP contribution in [0, 0.1) is 5.92 Å². The predicted octanol–water partition coefficient (Wildman–Crippen LogP) is 1.72. The third-order valence-electron chi connectivity index (χ3n) is 3.73. The van der Waals surface area contributed by atoms with Crippen LogP contribution in [0.15, 0.2) is 42.5 Å². The summed E-state index contributed by atoms with van der Waals surface area (Å²) in [6.07, 6.45) is 0.882. The Kier molecular flexibility index (Phi) is 3.47. The van der Waals surface area contributed by atoms with Crippen LogP contribution >= 0.6 is 0 Å². The van der Waals surface area contributed by atoms with E-state index < -0.39 is 0 Å². The Morgan fingerprint density at radius 1 is 1.16 bits per heavy atom. The highest BCUT2D eigenvalue weighted by atomic mass is 16.2. The normalized spacial score (nSPS) is 15.2. The van der Waals surface area contributed by atoms with Crippen molar-refractivity contribution in [1.29, 1.82) is 0 Å². The molecule has 2 N–H and O–H groups in total. The van der Waals surface area contributed by atoms with Crippen molar-refractivity contribution in [3.8, 4) is 0 Å². The van der Waals surface area contributed by atoms with Crippen molar-refractivity contribution in [3.63, 3.8) is 0 Å². The summed E-state index contributed by atoms with van der Waals surface area (Å²) < 4.78 is 0. The van der Waals surface area contributed by atoms with Crippen LogP contribution < -0.4 is 10.6 Å². The Morgan fingerprint density at radius 2 is 1.95 bits per heavy atom. The highest BCUT2D eigenvalue weighted by molar-refractivity contribution is 5.85. The zero-order valence-corrected chi connectivity index (χ0v) is 10.9. The van der Waals surface area contributed by atoms with Gasteiger partial charge in [0.2, 0.25) is 5.91 Å². The van der Waals surface area contributed by atoms with Crippen molar-refractivity contribution in [2.24, 2.45) is 5.92 Å². The lowest BCUT2D eigenvalue weighted by molar-refractivity contribution is -0.126. The van der Waals surface area contributed by atoms with E-state index in [1.54, 1.807) is 0 Å². The average Bonchev–Trinajstić information content (AvgIpc) is 2.37. The Balaban J connectivity index is 1.63. The van der Waals surface area contributed by atoms with Gasteiger partial charge >= 0.3 is 0 Å². The summed E-state index contributed by atoms with van der Waals surface area (Å²) in [6, 6.07) is 14.7. The molecular weight excluding hydrogens is 236 g/mol. The molecule has 0 aromatic heterocycles. The van der Waals surface area contributed by atoms with E-state index in [0.29, 0.717) is 6.54 Å². The molecule has 1 amide bonds. The molecule has 3 rings (SSSR count). The van der Waals surface area contributed by atoms with Crippen LogP contribution in [-0.4, -0.2) is 25.5 Å². The van der Waals surface area contributed by atoms with E-state index in [9.17, 15) is 4.79 Å². The second-order valence-electron chi connectivity index (χ2n) is 5.03. The maximum Gasteiger partial charge on any atom is 0.225 e. The molecule has 1 saturated heterocycles. The number of benzene rings is 2. The summed E-state index contributed by atoms with van der Waals surface area (Å²) in [5.41, 5.74) is 1.30. The van der Waals surface area contributed by atoms with E-state index in [2.05, 4.69) is 53.1 Å². The summed E-state index contributed by atoms with van der Waals surface area (Å²) in [7, 11) is 0. The molecule has 1 aliphatic heterocycles. The molecule has 3 heteroatoms. The Labute approximate surface area is 113 Å². The quantitative estimate of drug-likeness (QED) is 0.872. The van der Waals surface area contributed by atoms with Crippen molar-refractivity contribution < 1.29 is 4.79 Å². The monoisotopic (exact) mass is 254 g/mol. The minimum atomic E-state index is 0.174. The highest BCUT2D eigenvalue weighted by Crippen LogP contribution is 2.18. The fourth-order valence-corrected chi connectivity index (χ4v) is 2.45. The number of amides is 1. The first-order valence-corrected chi connectivity index (χ1v) is 6.79. The molecule has 1 aliphatic rings. The third kappa shape index (κ3) is 2.61. The number of hydrogen-bond donors (Lipinski definition) is 2. The molecule has 98 valence electrons. The molecule has 0 saturated carbocycles. The van der Waals surface area contributed by atoms with Gasteiger partial charge in [0.25, 0.3) is 0 Å². The summed E-state index contributed by atoms with van der Waals surface area (Å²) in [6.45, 7) is 2.35. The standard InChI is InChI=1S/C16H18N2O/c19-16(14-10-17-11-14)18-9-8-13-6-3-5-12-4-1-2-7-15(12)13/h1-7,14,17H,8-11H2,(H,18,19). The van der Waals surface area contributed by atoms with E-state index in [0.717, 1.165) is 19.5 Å². The third-order valence-corrected chi connectivity index (χ3v) is 3.73. The summed E-state index contributed by atoms with van der Waals surface area (Å²) >= 11 is 0. The highest BCUT2D eigenvalue weighted by Gasteiger charge is 2.24. The topological polar surface area (TPSA) is 41.1 Å². The van der Waals surface area contributed by atoms with Gasteiger partial charge in [0, 0.05) is 19.6 Å². The van der Waals surface area contributed by atoms with Crippen LogP contribution in [0.3, 0.4) is 0 Å². The SMILES string of the molecule is O=C(NCCc1cccc2ccccc12)C1CNC1. The van der Waals surface area contributed by atoms with E-state index >= 15 is 0 Å². The van der Waals surface area contributed by atoms with Gasteiger partial charge < -0.3 is 10.6 Å². The molecule has 0 atom stereocenters. The van der Waals surface area contributed by atoms with Crippen molar-refractivity contribution in [3.05, 3.63) is 48.0 Å². The van der Waals surface area contributed by atoms with Crippen molar-refractivity contribution in [2.75, 3.05) is 19.6 Å². The summed E-state index contributed by atoms with van der Waals surface area (Å²) in [5.74, 6) is 0.353. The van der Waals surface area contributed by atoms with Gasteiger partial charge in [-0.05, 0) is 22.8 Å². The Morgan fingerprint density at radius 3 is 2.74 bits per heavy atom. The predicted molar refractivity (Wildman–Crippen MR) is 77.0 cm³/mol. The van der Waals surface area contributed by atoms with Gasteiger partial charge in [-0.3, -0.25) is 4.79 Å². The maximum atomic E-state index is 11.7. The molecule has 3 nitrogen and oxygen atoms in total. The van der Waals surface area contributed by atoms with Crippen LogP contribution in [-0.2, 0) is 11.2 Å². The first-order chi connectivity index (χ1) is 9.34. The van der Waals surface area contributed by atoms with E-state index in [4.69, 9.17) is 0 Å². The van der Waals surface area contributed by atoms with Gasteiger partial charge in [-0.2, -0.15) is 0 Å². The average molecular weight is 254 g/mol. The molecule has 0 unspecified atom stereocenters. The van der Waals surface area contributed by atoms with Gasteiger partial charge in [0.15, 0.2) is 0 Å². The van der Waals surface area contributed by atoms with Crippen LogP contribution in [0.1, 0.15) is 5.56 Å². The lowest BCUT2D eigenvalue weighted by Gasteiger charge is -2.25. The van der Waals surface area contributed by atoms with Crippen LogP contribution in [0.25, 0.3) is 10.8 Å². The number of fused-ring (bicyclic) bond motifs is 1. The number of carbonyl (C=O) groups is 1. The molecule has 1 heterocycles. The second kappa shape index (κ2) is 5.41. The Hall–Kier alpha value is -1.87. The minimum Gasteiger partial charge on any atom is -0.355 e. The molecule has 2 aromatic carbocycles. The Bertz CT molecular complexity index is 585. The van der Waals surface area contributed by atoms with Crippen LogP contribution in [0.4, 0.5) is 0 Å². The number of hydrogen-bond acceptors (Lipinski definition) is 2. The van der Waals surface area contributed by atoms with Crippen molar-refractivity contribution in [1.82, 2.24) is 10.6 Å². The van der Waals surface area contributed by atoms with Gasteiger partial charge in [0.1, 0.15) is 0 Å². The summed E-state index contributed by atoms with van der Waals surface area (Å²) in [5, 5.41) is 8.67. The fourth-order valence-electron chi connectivity index (χ4n) is 2.45. The van der Waals surface area contributed by atoms with Gasteiger partial charge in [-0.15, -0.1) is 0 Å². The van der Waals surface area contributed by atoms with Gasteiger partial charge in [-0.1, -0.05) is 42.5 Å². The zero-order chi connectivity index (χ0) is 13.1. The summed E-state index contributed by atoms with van der Waals surface area (Å²) in [4.78, 5) is 11.7. The lowest BCUT2D eigenvalue weighted by atomic mass is 10.0. The maximum absolute atomic E-state index is 11.7. The van der Waals surface area contributed by atoms with Crippen LogP contribution in [0.2, 0.25) is 0 Å². The number of nitrogens with one attached hydrogen (secondary N) is 2. The first kappa shape index (κ1) is 12.2. The largest absolute Gasteiger partial charge is 0.355 e. The van der Waals surface area contributed by atoms with Gasteiger partial charge in [0.05, 0.1) is 5.92 Å². The van der Waals surface area contributed by atoms with Crippen LogP contribution in [0.5, 0.6) is 0 Å². The molecule has 0 bridgehead atoms. The molecule has 2 aromatic rings. The molecule has 0 radical (unpaired) electrons. The smallest absolute Gasteiger partial charge is 0.225 e. The van der Waals surface area contributed by atoms with E-state index in [1.165, 1.54) is 16.3 Å². The van der Waals surface area contributed by atoms with E-state index in [-0.39, 0.29) is 11.8 Å². The van der Waals surface area contributed by atoms with Crippen molar-refractivity contribution in [2.45, 2.75) is 6.42 Å².